The van der Waals surface area contributed by atoms with E-state index in [4.69, 9.17) is 19.3 Å². The third-order valence-corrected chi connectivity index (χ3v) is 21.7. The van der Waals surface area contributed by atoms with Crippen LogP contribution in [0.25, 0.3) is 28.1 Å². The van der Waals surface area contributed by atoms with Gasteiger partial charge in [-0.2, -0.15) is 21.6 Å². The average Bonchev–Trinajstić information content (AvgIpc) is 1.70. The van der Waals surface area contributed by atoms with Crippen molar-refractivity contribution in [3.05, 3.63) is 138 Å². The van der Waals surface area contributed by atoms with E-state index in [1.807, 2.05) is 78.3 Å². The van der Waals surface area contributed by atoms with Crippen LogP contribution in [0.2, 0.25) is 0 Å². The lowest BCUT2D eigenvalue weighted by atomic mass is 9.75. The third kappa shape index (κ3) is 17.7. The summed E-state index contributed by atoms with van der Waals surface area (Å²) in [5.74, 6) is 1.07. The van der Waals surface area contributed by atoms with Gasteiger partial charge in [-0.1, -0.05) is 73.6 Å². The molecule has 0 bridgehead atoms. The SMILES string of the molecule is CCN1c2cc3c(cc2C(C)=CC1(C)C)C(=CC=CC=CC1=[N+](CCCS(=O)(=O)O)c2ccc(S(=O)(=O)[O-])cc2C1(C)CCCC(=O)NCCCCCCNc1ncnc2c1ncn2[C@H]1C[C@H](O)[C@@H](COP(=O)(O)OP(=O)(O)OP(=O)(O)O)O1)C=C(c1ccccc1)O3. The van der Waals surface area contributed by atoms with E-state index in [9.17, 15) is 59.3 Å². The van der Waals surface area contributed by atoms with Crippen LogP contribution in [0.15, 0.2) is 121 Å². The number of rotatable bonds is 30. The van der Waals surface area contributed by atoms with E-state index in [-0.39, 0.29) is 37.3 Å². The van der Waals surface area contributed by atoms with Gasteiger partial charge in [-0.25, -0.2) is 37.1 Å². The van der Waals surface area contributed by atoms with Crippen molar-refractivity contribution in [2.75, 3.05) is 48.8 Å². The molecule has 6 atom stereocenters. The zero-order chi connectivity index (χ0) is 67.3. The predicted molar refractivity (Wildman–Crippen MR) is 345 cm³/mol. The molecule has 1 fully saturated rings. The van der Waals surface area contributed by atoms with Gasteiger partial charge < -0.3 is 54.2 Å². The Bertz CT molecular complexity index is 4230. The molecular weight excluding hydrogens is 1310 g/mol. The average molecular weight is 1390 g/mol. The van der Waals surface area contributed by atoms with E-state index >= 15 is 0 Å². The van der Waals surface area contributed by atoms with Crippen molar-refractivity contribution in [1.29, 1.82) is 0 Å². The molecule has 4 aliphatic rings. The molecule has 0 saturated carbocycles. The summed E-state index contributed by atoms with van der Waals surface area (Å²) in [5, 5.41) is 16.9. The number of benzene rings is 3. The molecular formula is C60H75N8O20P3S2. The van der Waals surface area contributed by atoms with Crippen LogP contribution in [0, 0.1) is 0 Å². The van der Waals surface area contributed by atoms with Gasteiger partial charge in [0.2, 0.25) is 11.6 Å². The van der Waals surface area contributed by atoms with Crippen LogP contribution in [-0.2, 0) is 62.0 Å². The summed E-state index contributed by atoms with van der Waals surface area (Å²) in [6, 6.07) is 18.2. The summed E-state index contributed by atoms with van der Waals surface area (Å²) in [7, 11) is -26.1. The van der Waals surface area contributed by atoms with Crippen molar-refractivity contribution in [3.8, 4) is 5.75 Å². The summed E-state index contributed by atoms with van der Waals surface area (Å²) in [5.41, 5.74) is 7.28. The number of likely N-dealkylation sites (N-methyl/N-ethyl adjacent to an activating group) is 1. The molecule has 2 aromatic heterocycles. The summed E-state index contributed by atoms with van der Waals surface area (Å²) in [4.78, 5) is 65.1. The molecule has 0 aliphatic carbocycles. The van der Waals surface area contributed by atoms with Crippen molar-refractivity contribution in [2.24, 2.45) is 0 Å². The predicted octanol–water partition coefficient (Wildman–Crippen LogP) is 8.97. The second kappa shape index (κ2) is 28.9. The molecule has 3 unspecified atom stereocenters. The van der Waals surface area contributed by atoms with Crippen molar-refractivity contribution >= 4 is 101 Å². The number of carbonyl (C=O) groups excluding carboxylic acids is 1. The molecule has 93 heavy (non-hydrogen) atoms. The molecule has 1 saturated heterocycles. The summed E-state index contributed by atoms with van der Waals surface area (Å²) in [6.45, 7) is 11.5. The van der Waals surface area contributed by atoms with Gasteiger partial charge in [-0.3, -0.25) is 18.4 Å². The number of aliphatic hydroxyl groups is 1. The third-order valence-electron chi connectivity index (χ3n) is 16.3. The highest BCUT2D eigenvalue weighted by molar-refractivity contribution is 7.86. The van der Waals surface area contributed by atoms with Crippen molar-refractivity contribution in [1.82, 2.24) is 24.8 Å². The van der Waals surface area contributed by atoms with E-state index in [1.54, 1.807) is 0 Å². The Morgan fingerprint density at radius 1 is 0.892 bits per heavy atom. The highest BCUT2D eigenvalue weighted by Gasteiger charge is 2.48. The largest absolute Gasteiger partial charge is 0.744 e. The monoisotopic (exact) mass is 1380 g/mol. The first kappa shape index (κ1) is 70.9. The van der Waals surface area contributed by atoms with Crippen LogP contribution in [-0.4, -0.2) is 143 Å². The van der Waals surface area contributed by atoms with Crippen LogP contribution in [0.5, 0.6) is 5.75 Å². The van der Waals surface area contributed by atoms with Gasteiger partial charge in [0.1, 0.15) is 46.8 Å². The van der Waals surface area contributed by atoms with Gasteiger partial charge in [0, 0.05) is 85.0 Å². The van der Waals surface area contributed by atoms with E-state index in [2.05, 4.69) is 89.5 Å². The Kier molecular flexibility index (Phi) is 22.0. The molecule has 1 amide bonds. The maximum absolute atomic E-state index is 13.4. The Morgan fingerprint density at radius 3 is 2.34 bits per heavy atom. The number of amides is 1. The maximum atomic E-state index is 13.4. The van der Waals surface area contributed by atoms with E-state index in [0.717, 1.165) is 52.9 Å². The Morgan fingerprint density at radius 2 is 1.63 bits per heavy atom. The van der Waals surface area contributed by atoms with E-state index in [1.165, 1.54) is 35.4 Å². The summed E-state index contributed by atoms with van der Waals surface area (Å²) in [6.07, 6.45) is 16.6. The van der Waals surface area contributed by atoms with Gasteiger partial charge in [0.25, 0.3) is 10.1 Å². The summed E-state index contributed by atoms with van der Waals surface area (Å²) >= 11 is 0. The second-order valence-corrected chi connectivity index (χ2v) is 30.9. The molecule has 33 heteroatoms. The number of carbonyl (C=O) groups is 1. The molecule has 5 aromatic rings. The first-order valence-electron chi connectivity index (χ1n) is 29.9. The number of imidazole rings is 1. The quantitative estimate of drug-likeness (QED) is 0.00698. The number of ether oxygens (including phenoxy) is 2. The fourth-order valence-corrected chi connectivity index (χ4v) is 16.2. The molecule has 502 valence electrons. The number of fused-ring (bicyclic) bond motifs is 4. The highest BCUT2D eigenvalue weighted by atomic mass is 32.2. The van der Waals surface area contributed by atoms with Gasteiger partial charge >= 0.3 is 23.5 Å². The molecule has 3 aromatic carbocycles. The van der Waals surface area contributed by atoms with Gasteiger partial charge in [-0.05, 0) is 95.7 Å². The number of nitrogens with zero attached hydrogens (tertiary/aromatic N) is 6. The topological polar surface area (TPSA) is 401 Å². The number of allylic oxidation sites excluding steroid dienone is 8. The fourth-order valence-electron chi connectivity index (χ4n) is 12.1. The molecule has 28 nitrogen and oxygen atoms in total. The van der Waals surface area contributed by atoms with Gasteiger partial charge in [0.05, 0.1) is 40.6 Å². The zero-order valence-corrected chi connectivity index (χ0v) is 55.9. The number of hydrogen-bond donors (Lipinski definition) is 8. The molecule has 0 spiro atoms. The minimum absolute atomic E-state index is 0.0114. The van der Waals surface area contributed by atoms with Gasteiger partial charge in [0.15, 0.2) is 22.7 Å². The lowest BCUT2D eigenvalue weighted by molar-refractivity contribution is -0.437. The minimum atomic E-state index is -5.75. The van der Waals surface area contributed by atoms with Crippen LogP contribution < -0.4 is 20.3 Å². The zero-order valence-electron chi connectivity index (χ0n) is 51.5. The molecule has 8 N–H and O–H groups in total. The van der Waals surface area contributed by atoms with Crippen molar-refractivity contribution in [3.63, 3.8) is 0 Å². The molecule has 9 rings (SSSR count). The number of phosphoric ester groups is 1. The highest BCUT2D eigenvalue weighted by Crippen LogP contribution is 2.66. The first-order chi connectivity index (χ1) is 43.7. The van der Waals surface area contributed by atoms with E-state index < -0.39 is 84.8 Å². The van der Waals surface area contributed by atoms with Crippen LogP contribution >= 0.6 is 23.5 Å². The number of hydrogen-bond acceptors (Lipinski definition) is 20. The standard InChI is InChI=1S/C60H75N8O20P3S2/c1-6-68-48-34-51-45(33-44(48)40(2)36-59(68,3)4)42(31-50(85-51)41-19-11-9-12-20-41)21-13-10-14-22-53-60(5,46-32-43(93(81,82)83)24-25-47(46)66(53)29-18-30-92(78,79)80)26-17-23-54(70)61-27-15-7-8-16-28-62-57-56-58(64-38-63-57)67(39-65-56)55-35-49(69)52(86-55)37-84-90(74,75)88-91(76,77)87-89(71,72)73/h9-14,19-22,24-25,31-34,36,38-39,49,52,55,69H,6-8,15-18,23,26-30,35,37H2,1-5H3,(H7-,61,62,63,64,70,71,72,73,74,75,76,77,78,79,80,81,82,83)/t49-,52+,55+,60?/m0/s1. The fraction of sp³-hybridized carbons (Fsp3) is 0.417. The number of unbranched alkanes of at least 4 members (excludes halogenated alkanes) is 3. The Labute approximate surface area is 538 Å². The number of nitrogens with one attached hydrogen (secondary N) is 2. The van der Waals surface area contributed by atoms with Crippen LogP contribution in [0.4, 0.5) is 17.2 Å². The minimum Gasteiger partial charge on any atom is -0.744 e. The normalized spacial score (nSPS) is 21.5. The number of anilines is 2. The van der Waals surface area contributed by atoms with E-state index in [0.29, 0.717) is 84.2 Å². The molecule has 0 radical (unpaired) electrons. The Hall–Kier alpha value is -6.40. The summed E-state index contributed by atoms with van der Waals surface area (Å²) < 4.78 is 134. The lowest BCUT2D eigenvalue weighted by Gasteiger charge is -2.43. The smallest absolute Gasteiger partial charge is 0.490 e. The Balaban J connectivity index is 0.813. The number of aromatic nitrogens is 4. The molecule has 4 aliphatic heterocycles. The van der Waals surface area contributed by atoms with Crippen molar-refractivity contribution < 1.29 is 96.3 Å². The maximum Gasteiger partial charge on any atom is 0.490 e. The first-order valence-corrected chi connectivity index (χ1v) is 37.4. The molecule has 6 heterocycles. The van der Waals surface area contributed by atoms with Gasteiger partial charge in [-0.15, -0.1) is 0 Å². The van der Waals surface area contributed by atoms with Crippen molar-refractivity contribution in [2.45, 2.75) is 127 Å². The van der Waals surface area contributed by atoms with Crippen LogP contribution in [0.3, 0.4) is 0 Å². The number of aliphatic hydroxyl groups excluding tert-OH is 1. The van der Waals surface area contributed by atoms with Crippen LogP contribution in [0.1, 0.15) is 121 Å². The number of phosphoric acid groups is 3. The second-order valence-electron chi connectivity index (χ2n) is 23.5. The lowest BCUT2D eigenvalue weighted by Crippen LogP contribution is -2.44.